The van der Waals surface area contributed by atoms with Crippen LogP contribution in [0.2, 0.25) is 0 Å². The van der Waals surface area contributed by atoms with E-state index < -0.39 is 6.04 Å². The van der Waals surface area contributed by atoms with Gasteiger partial charge < -0.3 is 15.0 Å². The maximum atomic E-state index is 13.6. The Balaban J connectivity index is 1.89. The Bertz CT molecular complexity index is 1150. The standard InChI is InChI=1S/C29H32Br2N2O3/c1-20(2)17-32-29(35)27(16-22-7-5-4-6-8-22)33(18-23-9-11-24(30)12-10-23)28(34)19-36-25-13-14-26(31)21(3)15-25/h4-15,20,27H,16-19H2,1-3H3,(H,32,35). The van der Waals surface area contributed by atoms with Crippen LogP contribution in [0, 0.1) is 12.8 Å². The van der Waals surface area contributed by atoms with Crippen molar-refractivity contribution in [2.75, 3.05) is 13.2 Å². The molecule has 0 spiro atoms. The number of ether oxygens (including phenoxy) is 1. The molecule has 0 aliphatic heterocycles. The van der Waals surface area contributed by atoms with Crippen LogP contribution in [-0.4, -0.2) is 35.9 Å². The number of benzene rings is 3. The molecule has 0 heterocycles. The molecular weight excluding hydrogens is 584 g/mol. The van der Waals surface area contributed by atoms with E-state index in [2.05, 4.69) is 37.2 Å². The highest BCUT2D eigenvalue weighted by Gasteiger charge is 2.30. The summed E-state index contributed by atoms with van der Waals surface area (Å²) in [7, 11) is 0. The van der Waals surface area contributed by atoms with Gasteiger partial charge in [0, 0.05) is 28.5 Å². The molecule has 0 saturated heterocycles. The third kappa shape index (κ3) is 8.49. The van der Waals surface area contributed by atoms with Gasteiger partial charge in [-0.25, -0.2) is 0 Å². The molecule has 3 aromatic carbocycles. The van der Waals surface area contributed by atoms with Gasteiger partial charge in [-0.1, -0.05) is 88.2 Å². The lowest BCUT2D eigenvalue weighted by Crippen LogP contribution is -2.52. The lowest BCUT2D eigenvalue weighted by molar-refractivity contribution is -0.142. The summed E-state index contributed by atoms with van der Waals surface area (Å²) in [5, 5.41) is 3.03. The lowest BCUT2D eigenvalue weighted by Gasteiger charge is -2.31. The Labute approximate surface area is 230 Å². The van der Waals surface area contributed by atoms with Gasteiger partial charge >= 0.3 is 0 Å². The number of nitrogens with zero attached hydrogens (tertiary/aromatic N) is 1. The molecule has 36 heavy (non-hydrogen) atoms. The fourth-order valence-corrected chi connectivity index (χ4v) is 4.21. The summed E-state index contributed by atoms with van der Waals surface area (Å²) in [5.74, 6) is 0.485. The van der Waals surface area contributed by atoms with Crippen molar-refractivity contribution >= 4 is 43.7 Å². The van der Waals surface area contributed by atoms with Crippen LogP contribution in [0.25, 0.3) is 0 Å². The Morgan fingerprint density at radius 3 is 2.28 bits per heavy atom. The molecule has 190 valence electrons. The molecule has 0 aliphatic rings. The first-order valence-corrected chi connectivity index (χ1v) is 13.6. The average molecular weight is 616 g/mol. The summed E-state index contributed by atoms with van der Waals surface area (Å²) in [6, 6.07) is 22.5. The van der Waals surface area contributed by atoms with Gasteiger partial charge in [0.1, 0.15) is 11.8 Å². The van der Waals surface area contributed by atoms with E-state index >= 15 is 0 Å². The fraction of sp³-hybridized carbons (Fsp3) is 0.310. The number of hydrogen-bond acceptors (Lipinski definition) is 3. The van der Waals surface area contributed by atoms with Crippen molar-refractivity contribution in [3.05, 3.63) is 98.4 Å². The second kappa shape index (κ2) is 13.6. The van der Waals surface area contributed by atoms with Crippen molar-refractivity contribution < 1.29 is 14.3 Å². The third-order valence-electron chi connectivity index (χ3n) is 5.71. The summed E-state index contributed by atoms with van der Waals surface area (Å²) in [6.45, 7) is 6.73. The Hall–Kier alpha value is -2.64. The number of rotatable bonds is 11. The number of amides is 2. The minimum absolute atomic E-state index is 0.166. The van der Waals surface area contributed by atoms with E-state index in [0.717, 1.165) is 25.6 Å². The molecular formula is C29H32Br2N2O3. The molecule has 0 radical (unpaired) electrons. The first-order valence-electron chi connectivity index (χ1n) is 12.0. The smallest absolute Gasteiger partial charge is 0.261 e. The monoisotopic (exact) mass is 614 g/mol. The zero-order chi connectivity index (χ0) is 26.1. The predicted molar refractivity (Wildman–Crippen MR) is 151 cm³/mol. The van der Waals surface area contributed by atoms with Crippen LogP contribution < -0.4 is 10.1 Å². The minimum atomic E-state index is -0.683. The molecule has 1 N–H and O–H groups in total. The Morgan fingerprint density at radius 2 is 1.64 bits per heavy atom. The summed E-state index contributed by atoms with van der Waals surface area (Å²) in [5.41, 5.74) is 2.93. The van der Waals surface area contributed by atoms with Crippen LogP contribution in [0.3, 0.4) is 0 Å². The van der Waals surface area contributed by atoms with Crippen LogP contribution in [0.1, 0.15) is 30.5 Å². The highest BCUT2D eigenvalue weighted by Crippen LogP contribution is 2.22. The van der Waals surface area contributed by atoms with E-state index in [1.807, 2.05) is 93.6 Å². The zero-order valence-electron chi connectivity index (χ0n) is 20.8. The number of carbonyl (C=O) groups excluding carboxylic acids is 2. The van der Waals surface area contributed by atoms with E-state index in [9.17, 15) is 9.59 Å². The van der Waals surface area contributed by atoms with Gasteiger partial charge in [0.2, 0.25) is 5.91 Å². The van der Waals surface area contributed by atoms with E-state index in [1.165, 1.54) is 0 Å². The second-order valence-corrected chi connectivity index (χ2v) is 11.0. The summed E-state index contributed by atoms with van der Waals surface area (Å²) < 4.78 is 7.80. The van der Waals surface area contributed by atoms with Crippen molar-refractivity contribution in [2.45, 2.75) is 39.8 Å². The molecule has 1 unspecified atom stereocenters. The number of aryl methyl sites for hydroxylation is 1. The van der Waals surface area contributed by atoms with Gasteiger partial charge in [-0.05, 0) is 59.9 Å². The SMILES string of the molecule is Cc1cc(OCC(=O)N(Cc2ccc(Br)cc2)C(Cc2ccccc2)C(=O)NCC(C)C)ccc1Br. The summed E-state index contributed by atoms with van der Waals surface area (Å²) in [4.78, 5) is 28.7. The summed E-state index contributed by atoms with van der Waals surface area (Å²) in [6.07, 6.45) is 0.407. The molecule has 1 atom stereocenters. The number of hydrogen-bond donors (Lipinski definition) is 1. The number of nitrogens with one attached hydrogen (secondary N) is 1. The molecule has 0 fully saturated rings. The quantitative estimate of drug-likeness (QED) is 0.275. The average Bonchev–Trinajstić information content (AvgIpc) is 2.87. The van der Waals surface area contributed by atoms with Crippen molar-refractivity contribution in [3.63, 3.8) is 0 Å². The van der Waals surface area contributed by atoms with Gasteiger partial charge in [-0.2, -0.15) is 0 Å². The second-order valence-electron chi connectivity index (χ2n) is 9.19. The van der Waals surface area contributed by atoms with E-state index in [1.54, 1.807) is 4.90 Å². The maximum absolute atomic E-state index is 13.6. The molecule has 0 bridgehead atoms. The van der Waals surface area contributed by atoms with E-state index in [0.29, 0.717) is 31.2 Å². The normalized spacial score (nSPS) is 11.7. The van der Waals surface area contributed by atoms with E-state index in [4.69, 9.17) is 4.74 Å². The van der Waals surface area contributed by atoms with Crippen LogP contribution in [0.15, 0.2) is 81.7 Å². The van der Waals surface area contributed by atoms with Crippen LogP contribution in [0.4, 0.5) is 0 Å². The third-order valence-corrected chi connectivity index (χ3v) is 7.13. The van der Waals surface area contributed by atoms with Gasteiger partial charge in [-0.15, -0.1) is 0 Å². The largest absolute Gasteiger partial charge is 0.484 e. The molecule has 0 aliphatic carbocycles. The van der Waals surface area contributed by atoms with Crippen molar-refractivity contribution in [2.24, 2.45) is 5.92 Å². The molecule has 3 rings (SSSR count). The molecule has 3 aromatic rings. The summed E-state index contributed by atoms with van der Waals surface area (Å²) >= 11 is 6.95. The molecule has 2 amide bonds. The van der Waals surface area contributed by atoms with Gasteiger partial charge in [0.25, 0.3) is 5.91 Å². The fourth-order valence-electron chi connectivity index (χ4n) is 3.70. The highest BCUT2D eigenvalue weighted by atomic mass is 79.9. The molecule has 5 nitrogen and oxygen atoms in total. The zero-order valence-corrected chi connectivity index (χ0v) is 24.0. The molecule has 7 heteroatoms. The first kappa shape index (κ1) is 27.9. The first-order chi connectivity index (χ1) is 17.2. The van der Waals surface area contributed by atoms with Crippen molar-refractivity contribution in [1.29, 1.82) is 0 Å². The van der Waals surface area contributed by atoms with Gasteiger partial charge in [0.05, 0.1) is 0 Å². The minimum Gasteiger partial charge on any atom is -0.484 e. The predicted octanol–water partition coefficient (Wildman–Crippen LogP) is 6.31. The van der Waals surface area contributed by atoms with Crippen LogP contribution in [0.5, 0.6) is 5.75 Å². The van der Waals surface area contributed by atoms with Crippen molar-refractivity contribution in [3.8, 4) is 5.75 Å². The Morgan fingerprint density at radius 1 is 0.944 bits per heavy atom. The molecule has 0 saturated carbocycles. The van der Waals surface area contributed by atoms with Crippen molar-refractivity contribution in [1.82, 2.24) is 10.2 Å². The Kier molecular flexibility index (Phi) is 10.6. The van der Waals surface area contributed by atoms with Crippen LogP contribution in [-0.2, 0) is 22.6 Å². The lowest BCUT2D eigenvalue weighted by atomic mass is 10.0. The topological polar surface area (TPSA) is 58.6 Å². The number of carbonyl (C=O) groups is 2. The van der Waals surface area contributed by atoms with Crippen LogP contribution >= 0.6 is 31.9 Å². The highest BCUT2D eigenvalue weighted by molar-refractivity contribution is 9.10. The van der Waals surface area contributed by atoms with Gasteiger partial charge in [0.15, 0.2) is 6.61 Å². The van der Waals surface area contributed by atoms with Gasteiger partial charge in [-0.3, -0.25) is 9.59 Å². The number of halogens is 2. The maximum Gasteiger partial charge on any atom is 0.261 e. The van der Waals surface area contributed by atoms with E-state index in [-0.39, 0.29) is 18.4 Å². The molecule has 0 aromatic heterocycles.